The summed E-state index contributed by atoms with van der Waals surface area (Å²) in [6.07, 6.45) is 2.80. The molecular weight excluding hydrogens is 394 g/mol. The number of nitrogens with one attached hydrogen (secondary N) is 1. The van der Waals surface area contributed by atoms with Gasteiger partial charge in [0, 0.05) is 31.9 Å². The van der Waals surface area contributed by atoms with Gasteiger partial charge in [0.15, 0.2) is 0 Å². The van der Waals surface area contributed by atoms with Gasteiger partial charge in [-0.1, -0.05) is 13.0 Å². The maximum absolute atomic E-state index is 13.1. The molecule has 0 aliphatic carbocycles. The topological polar surface area (TPSA) is 61.4 Å². The van der Waals surface area contributed by atoms with E-state index in [0.29, 0.717) is 4.88 Å². The van der Waals surface area contributed by atoms with Gasteiger partial charge in [-0.3, -0.25) is 9.69 Å². The zero-order valence-electron chi connectivity index (χ0n) is 18.2. The van der Waals surface area contributed by atoms with E-state index in [-0.39, 0.29) is 5.91 Å². The van der Waals surface area contributed by atoms with Crippen molar-refractivity contribution < 1.29 is 4.79 Å². The summed E-state index contributed by atoms with van der Waals surface area (Å²) in [5.41, 5.74) is 4.05. The Kier molecular flexibility index (Phi) is 6.01. The molecule has 0 saturated carbocycles. The lowest BCUT2D eigenvalue weighted by atomic mass is 10.1. The van der Waals surface area contributed by atoms with Gasteiger partial charge >= 0.3 is 0 Å². The lowest BCUT2D eigenvalue weighted by Crippen LogP contribution is -2.46. The van der Waals surface area contributed by atoms with Crippen molar-refractivity contribution in [1.29, 1.82) is 0 Å². The molecule has 4 rings (SSSR count). The third-order valence-corrected chi connectivity index (χ3v) is 6.80. The molecule has 0 radical (unpaired) electrons. The Balaban J connectivity index is 1.61. The average Bonchev–Trinajstić information content (AvgIpc) is 3.05. The van der Waals surface area contributed by atoms with Gasteiger partial charge in [0.05, 0.1) is 10.3 Å². The molecule has 0 unspecified atom stereocenters. The van der Waals surface area contributed by atoms with E-state index in [2.05, 4.69) is 38.1 Å². The largest absolute Gasteiger partial charge is 0.353 e. The van der Waals surface area contributed by atoms with Crippen LogP contribution in [0.2, 0.25) is 0 Å². The minimum absolute atomic E-state index is 0.0841. The lowest BCUT2D eigenvalue weighted by molar-refractivity contribution is 0.103. The van der Waals surface area contributed by atoms with Crippen LogP contribution in [0, 0.1) is 20.8 Å². The predicted molar refractivity (Wildman–Crippen MR) is 125 cm³/mol. The molecule has 1 N–H and O–H groups in total. The zero-order valence-corrected chi connectivity index (χ0v) is 19.0. The van der Waals surface area contributed by atoms with E-state index >= 15 is 0 Å². The van der Waals surface area contributed by atoms with Crippen LogP contribution in [-0.2, 0) is 0 Å². The fraction of sp³-hybridized carbons (Fsp3) is 0.435. The number of aromatic nitrogens is 2. The number of carbonyl (C=O) groups excluding carboxylic acids is 1. The Labute approximate surface area is 181 Å². The zero-order chi connectivity index (χ0) is 21.3. The SMILES string of the molecule is CCCN1CCN(c2ncnc3sc(C(=O)Nc4cc(C)cc(C)c4)c(C)c23)CC1. The van der Waals surface area contributed by atoms with Crippen LogP contribution in [0.15, 0.2) is 24.5 Å². The van der Waals surface area contributed by atoms with Crippen LogP contribution >= 0.6 is 11.3 Å². The molecule has 158 valence electrons. The van der Waals surface area contributed by atoms with Gasteiger partial charge in [-0.25, -0.2) is 9.97 Å². The van der Waals surface area contributed by atoms with Gasteiger partial charge in [-0.2, -0.15) is 0 Å². The molecule has 1 amide bonds. The second-order valence-corrected chi connectivity index (χ2v) is 9.09. The van der Waals surface area contributed by atoms with Crippen LogP contribution in [0.5, 0.6) is 0 Å². The molecule has 7 heteroatoms. The molecular formula is C23H29N5OS. The van der Waals surface area contributed by atoms with Crippen LogP contribution in [-0.4, -0.2) is 53.5 Å². The first kappa shape index (κ1) is 20.8. The van der Waals surface area contributed by atoms with Crippen molar-refractivity contribution in [2.45, 2.75) is 34.1 Å². The first-order valence-corrected chi connectivity index (χ1v) is 11.4. The maximum Gasteiger partial charge on any atom is 0.266 e. The van der Waals surface area contributed by atoms with Gasteiger partial charge < -0.3 is 10.2 Å². The van der Waals surface area contributed by atoms with E-state index in [1.54, 1.807) is 6.33 Å². The summed E-state index contributed by atoms with van der Waals surface area (Å²) in [5, 5.41) is 4.07. The smallest absolute Gasteiger partial charge is 0.266 e. The molecule has 2 aromatic heterocycles. The van der Waals surface area contributed by atoms with Crippen molar-refractivity contribution in [3.63, 3.8) is 0 Å². The normalized spacial score (nSPS) is 15.0. The monoisotopic (exact) mass is 423 g/mol. The number of benzene rings is 1. The molecule has 0 spiro atoms. The highest BCUT2D eigenvalue weighted by Gasteiger charge is 2.24. The minimum Gasteiger partial charge on any atom is -0.353 e. The number of hydrogen-bond acceptors (Lipinski definition) is 6. The number of nitrogens with zero attached hydrogens (tertiary/aromatic N) is 4. The molecule has 3 aromatic rings. The quantitative estimate of drug-likeness (QED) is 0.659. The number of rotatable bonds is 5. The molecule has 30 heavy (non-hydrogen) atoms. The number of hydrogen-bond donors (Lipinski definition) is 1. The van der Waals surface area contributed by atoms with E-state index < -0.39 is 0 Å². The number of thiophene rings is 1. The van der Waals surface area contributed by atoms with Crippen LogP contribution in [0.4, 0.5) is 11.5 Å². The molecule has 1 aliphatic heterocycles. The fourth-order valence-corrected chi connectivity index (χ4v) is 5.28. The molecule has 0 bridgehead atoms. The minimum atomic E-state index is -0.0841. The summed E-state index contributed by atoms with van der Waals surface area (Å²) in [4.78, 5) is 28.6. The Hall–Kier alpha value is -2.51. The van der Waals surface area contributed by atoms with Crippen molar-refractivity contribution in [1.82, 2.24) is 14.9 Å². The van der Waals surface area contributed by atoms with Crippen molar-refractivity contribution in [3.8, 4) is 0 Å². The summed E-state index contributed by atoms with van der Waals surface area (Å²) in [6.45, 7) is 13.4. The van der Waals surface area contributed by atoms with E-state index in [9.17, 15) is 4.79 Å². The highest BCUT2D eigenvalue weighted by Crippen LogP contribution is 2.35. The van der Waals surface area contributed by atoms with Crippen LogP contribution in [0.1, 0.15) is 39.7 Å². The number of anilines is 2. The van der Waals surface area contributed by atoms with Gasteiger partial charge in [0.2, 0.25) is 0 Å². The number of fused-ring (bicyclic) bond motifs is 1. The van der Waals surface area contributed by atoms with Gasteiger partial charge in [-0.05, 0) is 62.6 Å². The summed E-state index contributed by atoms with van der Waals surface area (Å²) in [6, 6.07) is 6.09. The third kappa shape index (κ3) is 4.18. The fourth-order valence-electron chi connectivity index (χ4n) is 4.24. The Morgan fingerprint density at radius 3 is 2.43 bits per heavy atom. The number of amides is 1. The summed E-state index contributed by atoms with van der Waals surface area (Å²) >= 11 is 1.45. The number of carbonyl (C=O) groups is 1. The molecule has 3 heterocycles. The predicted octanol–water partition coefficient (Wildman–Crippen LogP) is 4.40. The maximum atomic E-state index is 13.1. The summed E-state index contributed by atoms with van der Waals surface area (Å²) in [5.74, 6) is 0.870. The second-order valence-electron chi connectivity index (χ2n) is 8.09. The second kappa shape index (κ2) is 8.70. The van der Waals surface area contributed by atoms with Gasteiger partial charge in [0.25, 0.3) is 5.91 Å². The van der Waals surface area contributed by atoms with Gasteiger partial charge in [-0.15, -0.1) is 11.3 Å². The van der Waals surface area contributed by atoms with Crippen molar-refractivity contribution in [2.24, 2.45) is 0 Å². The molecule has 1 aliphatic rings. The Morgan fingerprint density at radius 2 is 1.77 bits per heavy atom. The first-order valence-electron chi connectivity index (χ1n) is 10.6. The third-order valence-electron chi connectivity index (χ3n) is 5.60. The molecule has 1 aromatic carbocycles. The molecule has 1 saturated heterocycles. The van der Waals surface area contributed by atoms with Crippen molar-refractivity contribution >= 4 is 39.0 Å². The average molecular weight is 424 g/mol. The Bertz CT molecular complexity index is 1050. The summed E-state index contributed by atoms with van der Waals surface area (Å²) in [7, 11) is 0. The van der Waals surface area contributed by atoms with Crippen LogP contribution in [0.3, 0.4) is 0 Å². The Morgan fingerprint density at radius 1 is 1.07 bits per heavy atom. The van der Waals surface area contributed by atoms with Crippen LogP contribution in [0.25, 0.3) is 10.2 Å². The van der Waals surface area contributed by atoms with Crippen molar-refractivity contribution in [2.75, 3.05) is 42.9 Å². The molecule has 0 atom stereocenters. The first-order chi connectivity index (χ1) is 14.5. The number of aryl methyl sites for hydroxylation is 3. The molecule has 1 fully saturated rings. The van der Waals surface area contributed by atoms with E-state index in [4.69, 9.17) is 0 Å². The standard InChI is InChI=1S/C23H29N5OS/c1-5-6-27-7-9-28(10-8-27)21-19-17(4)20(30-23(19)25-14-24-21)22(29)26-18-12-15(2)11-16(3)13-18/h11-14H,5-10H2,1-4H3,(H,26,29). The molecule has 6 nitrogen and oxygen atoms in total. The summed E-state index contributed by atoms with van der Waals surface area (Å²) < 4.78 is 0. The van der Waals surface area contributed by atoms with Gasteiger partial charge in [0.1, 0.15) is 17.0 Å². The highest BCUT2D eigenvalue weighted by molar-refractivity contribution is 7.20. The lowest BCUT2D eigenvalue weighted by Gasteiger charge is -2.35. The van der Waals surface area contributed by atoms with Crippen LogP contribution < -0.4 is 10.2 Å². The van der Waals surface area contributed by atoms with E-state index in [1.807, 2.05) is 32.9 Å². The number of piperazine rings is 1. The van der Waals surface area contributed by atoms with E-state index in [1.165, 1.54) is 17.8 Å². The van der Waals surface area contributed by atoms with Crippen molar-refractivity contribution in [3.05, 3.63) is 46.1 Å². The highest BCUT2D eigenvalue weighted by atomic mass is 32.1. The van der Waals surface area contributed by atoms with E-state index in [0.717, 1.165) is 71.1 Å².